The lowest BCUT2D eigenvalue weighted by Gasteiger charge is -2.43. The Balaban J connectivity index is 0.00000353. The maximum Gasteiger partial charge on any atom is 0.426 e. The highest BCUT2D eigenvalue weighted by atomic mass is 35.5. The number of carbonyl (C=O) groups is 1. The molecule has 5 rings (SSSR count). The number of nitrogens with one attached hydrogen (secondary N) is 1. The summed E-state index contributed by atoms with van der Waals surface area (Å²) in [7, 11) is -4.25. The van der Waals surface area contributed by atoms with Crippen LogP contribution in [0.4, 0.5) is 22.0 Å². The van der Waals surface area contributed by atoms with E-state index in [1.165, 1.54) is 6.07 Å². The average Bonchev–Trinajstić information content (AvgIpc) is 3.24. The van der Waals surface area contributed by atoms with Crippen LogP contribution < -0.4 is 11.1 Å². The molecule has 3 N–H and O–H groups in total. The summed E-state index contributed by atoms with van der Waals surface area (Å²) in [5.74, 6) is -2.19. The van der Waals surface area contributed by atoms with Crippen LogP contribution in [0.25, 0.3) is 0 Å². The molecule has 3 aliphatic carbocycles. The third-order valence-corrected chi connectivity index (χ3v) is 11.3. The van der Waals surface area contributed by atoms with Crippen LogP contribution in [0.5, 0.6) is 0 Å². The summed E-state index contributed by atoms with van der Waals surface area (Å²) >= 11 is 0. The quantitative estimate of drug-likeness (QED) is 0.367. The standard InChI is InChI=1S/C27H29F5N2O3S.ClH/c1-25(29,27(30,31)32)16-3-9-22-15(12-16)2-8-23-21(24(35)34-19-13-18(33)14-19)10-11-26(22,23)38(36,37)20-6-4-17(28)5-7-20;/h3-7,9,12,18-19,21,23H,2,8,10-11,13-14,33H2,1H3,(H,34,35);1H/t18?,19?,21-,23+,25?,26-;/m1./s1. The van der Waals surface area contributed by atoms with Gasteiger partial charge in [0.15, 0.2) is 9.84 Å². The Kier molecular flexibility index (Phi) is 7.62. The van der Waals surface area contributed by atoms with Crippen LogP contribution in [0.15, 0.2) is 47.4 Å². The molecule has 2 aromatic carbocycles. The Labute approximate surface area is 230 Å². The minimum absolute atomic E-state index is 0. The molecule has 1 unspecified atom stereocenters. The lowest BCUT2D eigenvalue weighted by atomic mass is 9.72. The van der Waals surface area contributed by atoms with Crippen molar-refractivity contribution in [1.29, 1.82) is 0 Å². The third-order valence-electron chi connectivity index (χ3n) is 8.73. The summed E-state index contributed by atoms with van der Waals surface area (Å²) in [6.07, 6.45) is -3.17. The molecule has 1 amide bonds. The molecule has 0 saturated heterocycles. The van der Waals surface area contributed by atoms with Crippen LogP contribution in [0.2, 0.25) is 0 Å². The van der Waals surface area contributed by atoms with E-state index in [4.69, 9.17) is 5.73 Å². The van der Waals surface area contributed by atoms with Crippen molar-refractivity contribution in [2.45, 2.75) is 79.0 Å². The summed E-state index contributed by atoms with van der Waals surface area (Å²) in [5.41, 5.74) is 2.19. The maximum atomic E-state index is 14.8. The molecular formula is C27H30ClF5N2O3S. The van der Waals surface area contributed by atoms with Crippen LogP contribution >= 0.6 is 12.4 Å². The van der Waals surface area contributed by atoms with Crippen molar-refractivity contribution < 1.29 is 35.2 Å². The van der Waals surface area contributed by atoms with Gasteiger partial charge in [-0.15, -0.1) is 12.4 Å². The summed E-state index contributed by atoms with van der Waals surface area (Å²) in [6, 6.07) is 7.66. The summed E-state index contributed by atoms with van der Waals surface area (Å²) < 4.78 is 95.7. The first-order valence-electron chi connectivity index (χ1n) is 12.6. The number of fused-ring (bicyclic) bond motifs is 3. The number of amides is 1. The minimum Gasteiger partial charge on any atom is -0.353 e. The van der Waals surface area contributed by atoms with Gasteiger partial charge in [-0.3, -0.25) is 4.79 Å². The molecule has 5 nitrogen and oxygen atoms in total. The van der Waals surface area contributed by atoms with Gasteiger partial charge in [-0.2, -0.15) is 13.2 Å². The monoisotopic (exact) mass is 592 g/mol. The number of carbonyl (C=O) groups excluding carboxylic acids is 1. The molecule has 2 saturated carbocycles. The van der Waals surface area contributed by atoms with E-state index in [-0.39, 0.29) is 66.5 Å². The molecule has 2 fully saturated rings. The number of nitrogens with two attached hydrogens (primary N) is 1. The van der Waals surface area contributed by atoms with Gasteiger partial charge in [-0.25, -0.2) is 17.2 Å². The minimum atomic E-state index is -5.16. The van der Waals surface area contributed by atoms with E-state index < -0.39 is 49.6 Å². The molecule has 39 heavy (non-hydrogen) atoms. The number of hydrogen-bond donors (Lipinski definition) is 2. The van der Waals surface area contributed by atoms with Crippen molar-refractivity contribution in [1.82, 2.24) is 5.32 Å². The second-order valence-electron chi connectivity index (χ2n) is 10.9. The number of alkyl halides is 4. The zero-order valence-electron chi connectivity index (χ0n) is 21.1. The normalized spacial score (nSPS) is 29.7. The number of halogens is 6. The van der Waals surface area contributed by atoms with Gasteiger partial charge in [0.2, 0.25) is 11.6 Å². The Hall–Kier alpha value is -2.24. The van der Waals surface area contributed by atoms with Gasteiger partial charge in [-0.1, -0.05) is 18.2 Å². The van der Waals surface area contributed by atoms with Crippen molar-refractivity contribution in [2.75, 3.05) is 0 Å². The van der Waals surface area contributed by atoms with Crippen molar-refractivity contribution in [3.63, 3.8) is 0 Å². The van der Waals surface area contributed by atoms with Gasteiger partial charge >= 0.3 is 6.18 Å². The SMILES string of the molecule is CC(F)(c1ccc2c(c1)CC[C@H]1[C@H](C(=O)NC3CC(N)C3)CC[C@@]21S(=O)(=O)c1ccc(F)cc1)C(F)(F)F.Cl. The zero-order valence-corrected chi connectivity index (χ0v) is 22.7. The smallest absolute Gasteiger partial charge is 0.353 e. The Bertz CT molecular complexity index is 1360. The fourth-order valence-electron chi connectivity index (χ4n) is 6.53. The van der Waals surface area contributed by atoms with Crippen LogP contribution in [-0.4, -0.2) is 32.6 Å². The number of sulfone groups is 1. The average molecular weight is 593 g/mol. The fourth-order valence-corrected chi connectivity index (χ4v) is 9.01. The topological polar surface area (TPSA) is 89.3 Å². The van der Waals surface area contributed by atoms with Crippen LogP contribution in [-0.2, 0) is 31.5 Å². The number of benzene rings is 2. The van der Waals surface area contributed by atoms with Gasteiger partial charge in [0, 0.05) is 18.0 Å². The van der Waals surface area contributed by atoms with E-state index in [1.54, 1.807) is 0 Å². The van der Waals surface area contributed by atoms with Crippen molar-refractivity contribution in [2.24, 2.45) is 17.6 Å². The fraction of sp³-hybridized carbons (Fsp3) is 0.519. The molecule has 2 aromatic rings. The van der Waals surface area contributed by atoms with E-state index in [0.29, 0.717) is 25.3 Å². The number of rotatable bonds is 5. The van der Waals surface area contributed by atoms with Crippen LogP contribution in [0.1, 0.15) is 55.7 Å². The zero-order chi connectivity index (χ0) is 27.7. The van der Waals surface area contributed by atoms with Gasteiger partial charge in [0.05, 0.1) is 4.90 Å². The first-order valence-corrected chi connectivity index (χ1v) is 14.1. The van der Waals surface area contributed by atoms with Crippen molar-refractivity contribution in [3.8, 4) is 0 Å². The van der Waals surface area contributed by atoms with Gasteiger partial charge in [-0.05, 0) is 92.3 Å². The van der Waals surface area contributed by atoms with E-state index in [0.717, 1.165) is 36.4 Å². The predicted molar refractivity (Wildman–Crippen MR) is 137 cm³/mol. The summed E-state index contributed by atoms with van der Waals surface area (Å²) in [5, 5.41) is 2.97. The van der Waals surface area contributed by atoms with Gasteiger partial charge < -0.3 is 11.1 Å². The summed E-state index contributed by atoms with van der Waals surface area (Å²) in [4.78, 5) is 13.2. The second-order valence-corrected chi connectivity index (χ2v) is 13.2. The first-order chi connectivity index (χ1) is 17.7. The lowest BCUT2D eigenvalue weighted by molar-refractivity contribution is -0.228. The van der Waals surface area contributed by atoms with Crippen LogP contribution in [0, 0.1) is 17.7 Å². The second kappa shape index (κ2) is 9.99. The molecule has 0 aliphatic heterocycles. The highest BCUT2D eigenvalue weighted by molar-refractivity contribution is 7.92. The van der Waals surface area contributed by atoms with Crippen molar-refractivity contribution in [3.05, 3.63) is 65.0 Å². The Morgan fingerprint density at radius 3 is 2.28 bits per heavy atom. The highest BCUT2D eigenvalue weighted by Crippen LogP contribution is 2.59. The molecule has 0 spiro atoms. The number of aryl methyl sites for hydroxylation is 1. The Morgan fingerprint density at radius 1 is 1.05 bits per heavy atom. The molecule has 0 radical (unpaired) electrons. The predicted octanol–water partition coefficient (Wildman–Crippen LogP) is 5.24. The van der Waals surface area contributed by atoms with E-state index in [9.17, 15) is 35.2 Å². The molecule has 0 bridgehead atoms. The summed E-state index contributed by atoms with van der Waals surface area (Å²) in [6.45, 7) is 0.438. The van der Waals surface area contributed by atoms with E-state index in [2.05, 4.69) is 5.32 Å². The van der Waals surface area contributed by atoms with E-state index in [1.807, 2.05) is 0 Å². The third kappa shape index (κ3) is 4.64. The largest absolute Gasteiger partial charge is 0.426 e. The maximum absolute atomic E-state index is 14.8. The van der Waals surface area contributed by atoms with Gasteiger partial charge in [0.1, 0.15) is 10.6 Å². The molecule has 12 heteroatoms. The Morgan fingerprint density at radius 2 is 1.69 bits per heavy atom. The molecule has 0 aromatic heterocycles. The molecule has 4 atom stereocenters. The molecular weight excluding hydrogens is 563 g/mol. The molecule has 0 heterocycles. The first kappa shape index (κ1) is 29.7. The number of hydrogen-bond acceptors (Lipinski definition) is 4. The van der Waals surface area contributed by atoms with Gasteiger partial charge in [0.25, 0.3) is 0 Å². The highest BCUT2D eigenvalue weighted by Gasteiger charge is 2.62. The molecule has 3 aliphatic rings. The van der Waals surface area contributed by atoms with E-state index >= 15 is 0 Å². The lowest BCUT2D eigenvalue weighted by Crippen LogP contribution is -2.53. The van der Waals surface area contributed by atoms with Crippen molar-refractivity contribution >= 4 is 28.2 Å². The van der Waals surface area contributed by atoms with Crippen LogP contribution in [0.3, 0.4) is 0 Å². The molecule has 214 valence electrons.